The molecule has 0 saturated carbocycles. The van der Waals surface area contributed by atoms with Gasteiger partial charge < -0.3 is 16.2 Å². The van der Waals surface area contributed by atoms with E-state index < -0.39 is 5.41 Å². The molecule has 1 rings (SSSR count). The highest BCUT2D eigenvalue weighted by Gasteiger charge is 2.36. The predicted molar refractivity (Wildman–Crippen MR) is 73.0 cm³/mol. The number of nitrogen functional groups attached to an aromatic ring is 1. The molecule has 4 nitrogen and oxygen atoms in total. The first-order valence-electron chi connectivity index (χ1n) is 6.29. The summed E-state index contributed by atoms with van der Waals surface area (Å²) in [5.41, 5.74) is 12.6. The lowest BCUT2D eigenvalue weighted by Crippen LogP contribution is -2.41. The second-order valence-corrected chi connectivity index (χ2v) is 4.48. The Morgan fingerprint density at radius 1 is 1.39 bits per heavy atom. The van der Waals surface area contributed by atoms with Crippen molar-refractivity contribution in [3.8, 4) is 0 Å². The van der Waals surface area contributed by atoms with E-state index in [1.807, 2.05) is 31.2 Å². The molecular weight excluding hydrogens is 228 g/mol. The molecule has 0 aliphatic rings. The van der Waals surface area contributed by atoms with Crippen LogP contribution in [0.4, 0.5) is 5.69 Å². The third-order valence-corrected chi connectivity index (χ3v) is 3.27. The zero-order valence-corrected chi connectivity index (χ0v) is 11.1. The number of carbonyl (C=O) groups excluding carboxylic acids is 1. The SMILES string of the molecule is CCOC(=O)C(CC)(CN)Cc1cccc(N)c1. The molecule has 0 aromatic heterocycles. The molecule has 1 unspecified atom stereocenters. The molecule has 0 bridgehead atoms. The van der Waals surface area contributed by atoms with Gasteiger partial charge in [-0.1, -0.05) is 19.1 Å². The van der Waals surface area contributed by atoms with Crippen molar-refractivity contribution in [3.63, 3.8) is 0 Å². The smallest absolute Gasteiger partial charge is 0.313 e. The quantitative estimate of drug-likeness (QED) is 0.595. The number of nitrogens with two attached hydrogens (primary N) is 2. The van der Waals surface area contributed by atoms with E-state index in [9.17, 15) is 4.79 Å². The van der Waals surface area contributed by atoms with E-state index in [1.165, 1.54) is 0 Å². The second kappa shape index (κ2) is 6.40. The lowest BCUT2D eigenvalue weighted by molar-refractivity contribution is -0.155. The predicted octanol–water partition coefficient (Wildman–Crippen LogP) is 1.73. The number of benzene rings is 1. The third-order valence-electron chi connectivity index (χ3n) is 3.27. The number of rotatable bonds is 6. The normalized spacial score (nSPS) is 13.9. The summed E-state index contributed by atoms with van der Waals surface area (Å²) < 4.78 is 5.14. The summed E-state index contributed by atoms with van der Waals surface area (Å²) in [5.74, 6) is -0.225. The molecule has 4 N–H and O–H groups in total. The molecule has 0 amide bonds. The van der Waals surface area contributed by atoms with Crippen molar-refractivity contribution in [2.24, 2.45) is 11.1 Å². The summed E-state index contributed by atoms with van der Waals surface area (Å²) in [5, 5.41) is 0. The minimum absolute atomic E-state index is 0.225. The maximum Gasteiger partial charge on any atom is 0.313 e. The summed E-state index contributed by atoms with van der Waals surface area (Å²) in [6, 6.07) is 7.53. The van der Waals surface area contributed by atoms with Crippen LogP contribution in [0.15, 0.2) is 24.3 Å². The Labute approximate surface area is 108 Å². The largest absolute Gasteiger partial charge is 0.466 e. The molecule has 100 valence electrons. The van der Waals surface area contributed by atoms with Crippen LogP contribution in [0.2, 0.25) is 0 Å². The average Bonchev–Trinajstić information content (AvgIpc) is 2.36. The Hall–Kier alpha value is -1.55. The Morgan fingerprint density at radius 2 is 2.11 bits per heavy atom. The van der Waals surface area contributed by atoms with Gasteiger partial charge in [0.2, 0.25) is 0 Å². The van der Waals surface area contributed by atoms with Crippen molar-refractivity contribution < 1.29 is 9.53 Å². The molecule has 4 heteroatoms. The fourth-order valence-electron chi connectivity index (χ4n) is 2.02. The zero-order valence-electron chi connectivity index (χ0n) is 11.1. The van der Waals surface area contributed by atoms with E-state index >= 15 is 0 Å². The summed E-state index contributed by atoms with van der Waals surface area (Å²) in [7, 11) is 0. The molecule has 1 aromatic carbocycles. The number of anilines is 1. The number of hydrogen-bond donors (Lipinski definition) is 2. The van der Waals surface area contributed by atoms with Crippen molar-refractivity contribution in [2.75, 3.05) is 18.9 Å². The third kappa shape index (κ3) is 3.23. The lowest BCUT2D eigenvalue weighted by atomic mass is 9.79. The van der Waals surface area contributed by atoms with Crippen molar-refractivity contribution in [3.05, 3.63) is 29.8 Å². The van der Waals surface area contributed by atoms with Gasteiger partial charge >= 0.3 is 5.97 Å². The highest BCUT2D eigenvalue weighted by atomic mass is 16.5. The highest BCUT2D eigenvalue weighted by Crippen LogP contribution is 2.28. The standard InChI is InChI=1S/C14H22N2O2/c1-3-14(10-15,13(17)18-4-2)9-11-6-5-7-12(16)8-11/h5-8H,3-4,9-10,15-16H2,1-2H3. The molecule has 18 heavy (non-hydrogen) atoms. The molecule has 0 spiro atoms. The van der Waals surface area contributed by atoms with E-state index in [2.05, 4.69) is 0 Å². The Morgan fingerprint density at radius 3 is 2.61 bits per heavy atom. The molecular formula is C14H22N2O2. The molecule has 0 aliphatic carbocycles. The molecule has 0 aliphatic heterocycles. The van der Waals surface area contributed by atoms with E-state index in [0.717, 1.165) is 5.56 Å². The van der Waals surface area contributed by atoms with Crippen LogP contribution < -0.4 is 11.5 Å². The van der Waals surface area contributed by atoms with Gasteiger partial charge in [0.25, 0.3) is 0 Å². The van der Waals surface area contributed by atoms with Gasteiger partial charge in [0.1, 0.15) is 0 Å². The maximum absolute atomic E-state index is 12.1. The van der Waals surface area contributed by atoms with Gasteiger partial charge in [-0.25, -0.2) is 0 Å². The van der Waals surface area contributed by atoms with Gasteiger partial charge in [0.05, 0.1) is 12.0 Å². The van der Waals surface area contributed by atoms with Crippen LogP contribution in [0.5, 0.6) is 0 Å². The van der Waals surface area contributed by atoms with Gasteiger partial charge in [0.15, 0.2) is 0 Å². The summed E-state index contributed by atoms with van der Waals surface area (Å²) >= 11 is 0. The summed E-state index contributed by atoms with van der Waals surface area (Å²) in [6.45, 7) is 4.40. The first kappa shape index (κ1) is 14.5. The summed E-state index contributed by atoms with van der Waals surface area (Å²) in [6.07, 6.45) is 1.21. The van der Waals surface area contributed by atoms with E-state index in [-0.39, 0.29) is 12.5 Å². The Bertz CT molecular complexity index is 401. The van der Waals surface area contributed by atoms with Gasteiger partial charge in [-0.2, -0.15) is 0 Å². The topological polar surface area (TPSA) is 78.3 Å². The fraction of sp³-hybridized carbons (Fsp3) is 0.500. The number of esters is 1. The van der Waals surface area contributed by atoms with Crippen LogP contribution in [0.1, 0.15) is 25.8 Å². The first-order valence-corrected chi connectivity index (χ1v) is 6.29. The summed E-state index contributed by atoms with van der Waals surface area (Å²) in [4.78, 5) is 12.1. The van der Waals surface area contributed by atoms with Crippen molar-refractivity contribution in [2.45, 2.75) is 26.7 Å². The van der Waals surface area contributed by atoms with Crippen LogP contribution >= 0.6 is 0 Å². The molecule has 1 atom stereocenters. The number of ether oxygens (including phenoxy) is 1. The molecule has 0 fully saturated rings. The maximum atomic E-state index is 12.1. The zero-order chi connectivity index (χ0) is 13.6. The Balaban J connectivity index is 2.95. The van der Waals surface area contributed by atoms with Gasteiger partial charge in [-0.15, -0.1) is 0 Å². The number of hydrogen-bond acceptors (Lipinski definition) is 4. The highest BCUT2D eigenvalue weighted by molar-refractivity contribution is 5.77. The van der Waals surface area contributed by atoms with Crippen LogP contribution in [-0.2, 0) is 16.0 Å². The van der Waals surface area contributed by atoms with Crippen molar-refractivity contribution in [1.29, 1.82) is 0 Å². The molecule has 0 radical (unpaired) electrons. The van der Waals surface area contributed by atoms with E-state index in [4.69, 9.17) is 16.2 Å². The Kier molecular flexibility index (Phi) is 5.16. The van der Waals surface area contributed by atoms with Crippen LogP contribution in [0.3, 0.4) is 0 Å². The van der Waals surface area contributed by atoms with Crippen molar-refractivity contribution in [1.82, 2.24) is 0 Å². The second-order valence-electron chi connectivity index (χ2n) is 4.48. The van der Waals surface area contributed by atoms with Gasteiger partial charge in [0, 0.05) is 12.2 Å². The monoisotopic (exact) mass is 250 g/mol. The van der Waals surface area contributed by atoms with E-state index in [0.29, 0.717) is 25.1 Å². The number of carbonyl (C=O) groups is 1. The average molecular weight is 250 g/mol. The van der Waals surface area contributed by atoms with Crippen molar-refractivity contribution >= 4 is 11.7 Å². The minimum atomic E-state index is -0.649. The minimum Gasteiger partial charge on any atom is -0.466 e. The van der Waals surface area contributed by atoms with E-state index in [1.54, 1.807) is 6.92 Å². The van der Waals surface area contributed by atoms with Crippen LogP contribution in [0, 0.1) is 5.41 Å². The first-order chi connectivity index (χ1) is 8.57. The molecule has 0 heterocycles. The lowest BCUT2D eigenvalue weighted by Gasteiger charge is -2.29. The fourth-order valence-corrected chi connectivity index (χ4v) is 2.02. The van der Waals surface area contributed by atoms with Crippen LogP contribution in [0.25, 0.3) is 0 Å². The van der Waals surface area contributed by atoms with Gasteiger partial charge in [-0.3, -0.25) is 4.79 Å². The van der Waals surface area contributed by atoms with Crippen LogP contribution in [-0.4, -0.2) is 19.1 Å². The molecule has 0 saturated heterocycles. The molecule has 1 aromatic rings. The van der Waals surface area contributed by atoms with Gasteiger partial charge in [-0.05, 0) is 37.5 Å².